The topological polar surface area (TPSA) is 60.7 Å². The van der Waals surface area contributed by atoms with E-state index in [9.17, 15) is 15.3 Å². The van der Waals surface area contributed by atoms with E-state index in [-0.39, 0.29) is 28.8 Å². The number of hydrogen-bond acceptors (Lipinski definition) is 3. The molecule has 3 fully saturated rings. The Morgan fingerprint density at radius 1 is 1.08 bits per heavy atom. The molecule has 4 aliphatic rings. The second kappa shape index (κ2) is 5.10. The quantitative estimate of drug-likeness (QED) is 0.473. The minimum absolute atomic E-state index is 0.0846. The Bertz CT molecular complexity index is 619. The van der Waals surface area contributed by atoms with Crippen molar-refractivity contribution in [3.63, 3.8) is 0 Å². The number of aliphatic hydroxyl groups is 3. The van der Waals surface area contributed by atoms with E-state index < -0.39 is 11.7 Å². The smallest absolute Gasteiger partial charge is 0.130 e. The van der Waals surface area contributed by atoms with E-state index in [1.165, 1.54) is 5.57 Å². The molecule has 0 aromatic rings. The van der Waals surface area contributed by atoms with Crippen LogP contribution in [0.3, 0.4) is 0 Å². The molecule has 24 heavy (non-hydrogen) atoms. The summed E-state index contributed by atoms with van der Waals surface area (Å²) in [5.41, 5.74) is 0.0145. The maximum absolute atomic E-state index is 11.0. The predicted molar refractivity (Wildman–Crippen MR) is 92.9 cm³/mol. The predicted octanol–water partition coefficient (Wildman–Crippen LogP) is 2.65. The van der Waals surface area contributed by atoms with Gasteiger partial charge in [0.15, 0.2) is 0 Å². The lowest BCUT2D eigenvalue weighted by atomic mass is 9.46. The van der Waals surface area contributed by atoms with Gasteiger partial charge in [0.1, 0.15) is 5.60 Å². The highest BCUT2D eigenvalue weighted by Crippen LogP contribution is 2.66. The number of fused-ring (bicyclic) bond motifs is 5. The van der Waals surface area contributed by atoms with Crippen molar-refractivity contribution in [3.05, 3.63) is 11.6 Å². The van der Waals surface area contributed by atoms with Gasteiger partial charge in [-0.05, 0) is 68.1 Å². The van der Waals surface area contributed by atoms with Crippen LogP contribution in [0.4, 0.5) is 0 Å². The van der Waals surface area contributed by atoms with E-state index in [4.69, 9.17) is 6.42 Å². The molecule has 3 heteroatoms. The fourth-order valence-corrected chi connectivity index (χ4v) is 6.88. The van der Waals surface area contributed by atoms with E-state index in [2.05, 4.69) is 19.8 Å². The average molecular weight is 330 g/mol. The molecule has 3 N–H and O–H groups in total. The molecule has 0 amide bonds. The van der Waals surface area contributed by atoms with Gasteiger partial charge >= 0.3 is 0 Å². The Morgan fingerprint density at radius 2 is 1.79 bits per heavy atom. The molecule has 3 saturated carbocycles. The molecule has 3 nitrogen and oxygen atoms in total. The number of aliphatic hydroxyl groups excluding tert-OH is 2. The van der Waals surface area contributed by atoms with Gasteiger partial charge in [-0.3, -0.25) is 0 Å². The van der Waals surface area contributed by atoms with Crippen LogP contribution >= 0.6 is 0 Å². The van der Waals surface area contributed by atoms with Crippen LogP contribution in [0.2, 0.25) is 0 Å². The highest BCUT2D eigenvalue weighted by molar-refractivity contribution is 5.30. The first-order valence-electron chi connectivity index (χ1n) is 9.53. The van der Waals surface area contributed by atoms with Crippen LogP contribution in [0.1, 0.15) is 58.8 Å². The number of rotatable bonds is 0. The van der Waals surface area contributed by atoms with Gasteiger partial charge in [0.25, 0.3) is 0 Å². The molecule has 0 heterocycles. The lowest BCUT2D eigenvalue weighted by Gasteiger charge is -2.59. The third-order valence-corrected chi connectivity index (χ3v) is 8.49. The van der Waals surface area contributed by atoms with Crippen molar-refractivity contribution in [2.75, 3.05) is 0 Å². The first-order valence-corrected chi connectivity index (χ1v) is 9.53. The van der Waals surface area contributed by atoms with Crippen molar-refractivity contribution >= 4 is 0 Å². The summed E-state index contributed by atoms with van der Waals surface area (Å²) >= 11 is 0. The highest BCUT2D eigenvalue weighted by Gasteiger charge is 2.64. The van der Waals surface area contributed by atoms with Crippen molar-refractivity contribution in [1.29, 1.82) is 0 Å². The zero-order chi connectivity index (χ0) is 17.3. The van der Waals surface area contributed by atoms with E-state index in [0.717, 1.165) is 32.1 Å². The van der Waals surface area contributed by atoms with Crippen molar-refractivity contribution in [1.82, 2.24) is 0 Å². The molecule has 0 bridgehead atoms. The Balaban J connectivity index is 1.75. The van der Waals surface area contributed by atoms with E-state index in [1.807, 2.05) is 6.08 Å². The Morgan fingerprint density at radius 3 is 2.50 bits per heavy atom. The van der Waals surface area contributed by atoms with Crippen LogP contribution in [0.15, 0.2) is 11.6 Å². The normalized spacial score (nSPS) is 56.5. The zero-order valence-electron chi connectivity index (χ0n) is 14.8. The number of hydrogen-bond donors (Lipinski definition) is 3. The highest BCUT2D eigenvalue weighted by atomic mass is 16.3. The van der Waals surface area contributed by atoms with Gasteiger partial charge in [-0.15, -0.1) is 6.42 Å². The van der Waals surface area contributed by atoms with Crippen LogP contribution in [-0.4, -0.2) is 33.1 Å². The second-order valence-electron chi connectivity index (χ2n) is 9.29. The molecule has 1 unspecified atom stereocenters. The minimum atomic E-state index is -1.03. The van der Waals surface area contributed by atoms with E-state index >= 15 is 0 Å². The van der Waals surface area contributed by atoms with Gasteiger partial charge in [0.2, 0.25) is 0 Å². The first kappa shape index (κ1) is 16.6. The zero-order valence-corrected chi connectivity index (χ0v) is 14.8. The summed E-state index contributed by atoms with van der Waals surface area (Å²) in [6.45, 7) is 4.47. The fourth-order valence-electron chi connectivity index (χ4n) is 6.88. The van der Waals surface area contributed by atoms with Crippen molar-refractivity contribution < 1.29 is 15.3 Å². The van der Waals surface area contributed by atoms with Crippen molar-refractivity contribution in [2.24, 2.45) is 28.6 Å². The fraction of sp³-hybridized carbons (Fsp3) is 0.810. The molecule has 4 rings (SSSR count). The van der Waals surface area contributed by atoms with Gasteiger partial charge in [-0.1, -0.05) is 31.4 Å². The van der Waals surface area contributed by atoms with Crippen LogP contribution in [-0.2, 0) is 0 Å². The summed E-state index contributed by atoms with van der Waals surface area (Å²) in [5.74, 6) is 3.56. The third kappa shape index (κ3) is 1.91. The lowest BCUT2D eigenvalue weighted by Crippen LogP contribution is -2.57. The summed E-state index contributed by atoms with van der Waals surface area (Å²) in [6, 6.07) is 0. The van der Waals surface area contributed by atoms with Crippen LogP contribution in [0.5, 0.6) is 0 Å². The van der Waals surface area contributed by atoms with Crippen LogP contribution in [0, 0.1) is 40.9 Å². The number of terminal acetylenes is 1. The largest absolute Gasteiger partial charge is 0.393 e. The summed E-state index contributed by atoms with van der Waals surface area (Å²) < 4.78 is 0. The molecule has 0 aliphatic heterocycles. The second-order valence-corrected chi connectivity index (χ2v) is 9.29. The molecular formula is C21H30O3. The summed E-state index contributed by atoms with van der Waals surface area (Å²) in [6.07, 6.45) is 13.0. The molecule has 4 aliphatic carbocycles. The SMILES string of the molecule is C#C[C@]1(O)CC[C@H]2[C@@H]3[C@@H](O)C=C4CC(O)CC[C@]4(C)[C@H]3CC[C@@]21C. The van der Waals surface area contributed by atoms with Crippen molar-refractivity contribution in [3.8, 4) is 12.3 Å². The maximum Gasteiger partial charge on any atom is 0.130 e. The summed E-state index contributed by atoms with van der Waals surface area (Å²) in [4.78, 5) is 0. The molecule has 0 spiro atoms. The van der Waals surface area contributed by atoms with Gasteiger partial charge in [0.05, 0.1) is 12.2 Å². The van der Waals surface area contributed by atoms with Gasteiger partial charge in [-0.25, -0.2) is 0 Å². The maximum atomic E-state index is 11.0. The van der Waals surface area contributed by atoms with E-state index in [0.29, 0.717) is 18.8 Å². The van der Waals surface area contributed by atoms with Crippen LogP contribution < -0.4 is 0 Å². The lowest BCUT2D eigenvalue weighted by molar-refractivity contribution is -0.123. The first-order chi connectivity index (χ1) is 11.2. The molecular weight excluding hydrogens is 300 g/mol. The molecule has 0 radical (unpaired) electrons. The minimum Gasteiger partial charge on any atom is -0.393 e. The summed E-state index contributed by atoms with van der Waals surface area (Å²) in [7, 11) is 0. The Labute approximate surface area is 145 Å². The third-order valence-electron chi connectivity index (χ3n) is 8.49. The molecule has 132 valence electrons. The van der Waals surface area contributed by atoms with Crippen molar-refractivity contribution in [2.45, 2.75) is 76.6 Å². The average Bonchev–Trinajstić information content (AvgIpc) is 2.82. The monoisotopic (exact) mass is 330 g/mol. The standard InChI is InChI=1S/C21H30O3/c1-4-21(24)10-7-16-18-15(6-9-20(16,21)3)19(2)8-5-14(22)11-13(19)12-17(18)23/h1,12,14-18,22-24H,5-11H2,2-3H3/t14?,15-,16-,17-,18+,19-,20-,21-/m0/s1. The van der Waals surface area contributed by atoms with E-state index in [1.54, 1.807) is 0 Å². The molecule has 0 saturated heterocycles. The van der Waals surface area contributed by atoms with Gasteiger partial charge < -0.3 is 15.3 Å². The van der Waals surface area contributed by atoms with Crippen LogP contribution in [0.25, 0.3) is 0 Å². The van der Waals surface area contributed by atoms with Gasteiger partial charge in [-0.2, -0.15) is 0 Å². The summed E-state index contributed by atoms with van der Waals surface area (Å²) in [5, 5.41) is 32.0. The Hall–Kier alpha value is -0.820. The molecule has 0 aromatic heterocycles. The Kier molecular flexibility index (Phi) is 3.53. The molecule has 8 atom stereocenters. The molecule has 0 aromatic carbocycles. The van der Waals surface area contributed by atoms with Gasteiger partial charge in [0, 0.05) is 5.41 Å².